The summed E-state index contributed by atoms with van der Waals surface area (Å²) in [6, 6.07) is 10.7. The molecule has 5 rings (SSSR count). The van der Waals surface area contributed by atoms with Crippen LogP contribution < -0.4 is 5.56 Å². The number of hydrogen-bond donors (Lipinski definition) is 0. The van der Waals surface area contributed by atoms with Crippen LogP contribution in [0, 0.1) is 0 Å². The summed E-state index contributed by atoms with van der Waals surface area (Å²) in [7, 11) is -1.56. The van der Waals surface area contributed by atoms with Crippen molar-refractivity contribution in [1.29, 1.82) is 0 Å². The van der Waals surface area contributed by atoms with Gasteiger partial charge in [0.1, 0.15) is 10.7 Å². The third-order valence-corrected chi connectivity index (χ3v) is 8.87. The predicted molar refractivity (Wildman–Crippen MR) is 130 cm³/mol. The molecule has 12 heteroatoms. The summed E-state index contributed by atoms with van der Waals surface area (Å²) < 4.78 is 30.9. The number of aryl methyl sites for hydroxylation is 1. The fourth-order valence-electron chi connectivity index (χ4n) is 4.11. The van der Waals surface area contributed by atoms with Gasteiger partial charge < -0.3 is 4.90 Å². The fraction of sp³-hybridized carbons (Fsp3) is 0.364. The van der Waals surface area contributed by atoms with E-state index in [0.29, 0.717) is 60.5 Å². The molecule has 0 amide bonds. The summed E-state index contributed by atoms with van der Waals surface area (Å²) in [5.74, 6) is 1.66. The zero-order chi connectivity index (χ0) is 23.9. The summed E-state index contributed by atoms with van der Waals surface area (Å²) in [5.41, 5.74) is 0.672. The molecule has 0 bridgehead atoms. The van der Waals surface area contributed by atoms with Crippen molar-refractivity contribution in [2.45, 2.75) is 29.1 Å². The van der Waals surface area contributed by atoms with Crippen LogP contribution in [0.15, 0.2) is 57.3 Å². The maximum Gasteiger partial charge on any atom is 0.262 e. The maximum atomic E-state index is 12.9. The minimum atomic E-state index is -3.55. The van der Waals surface area contributed by atoms with E-state index in [1.165, 1.54) is 22.3 Å². The highest BCUT2D eigenvalue weighted by Gasteiger charge is 2.27. The lowest BCUT2D eigenvalue weighted by Crippen LogP contribution is -2.47. The Labute approximate surface area is 201 Å². The van der Waals surface area contributed by atoms with Gasteiger partial charge in [0.25, 0.3) is 5.56 Å². The second-order valence-electron chi connectivity index (χ2n) is 8.15. The van der Waals surface area contributed by atoms with Gasteiger partial charge in [0.2, 0.25) is 15.8 Å². The van der Waals surface area contributed by atoms with Gasteiger partial charge in [0.05, 0.1) is 21.7 Å². The lowest BCUT2D eigenvalue weighted by Gasteiger charge is -2.31. The van der Waals surface area contributed by atoms with Crippen molar-refractivity contribution in [3.8, 4) is 0 Å². The third kappa shape index (κ3) is 4.00. The SMILES string of the molecule is CCn1c(=O)c2ccccc2n2c(CSc3ccc(S(=O)(=O)N4CCN(C)CC4)cn3)nnc12. The van der Waals surface area contributed by atoms with E-state index in [0.717, 1.165) is 5.52 Å². The van der Waals surface area contributed by atoms with Crippen molar-refractivity contribution in [1.82, 2.24) is 33.4 Å². The zero-order valence-electron chi connectivity index (χ0n) is 19.0. The zero-order valence-corrected chi connectivity index (χ0v) is 20.6. The number of hydrogen-bond acceptors (Lipinski definition) is 8. The largest absolute Gasteiger partial charge is 0.304 e. The number of thioether (sulfide) groups is 1. The Balaban J connectivity index is 1.39. The van der Waals surface area contributed by atoms with Crippen molar-refractivity contribution in [2.75, 3.05) is 33.2 Å². The molecule has 0 saturated carbocycles. The van der Waals surface area contributed by atoms with E-state index in [4.69, 9.17) is 0 Å². The number of nitrogens with zero attached hydrogens (tertiary/aromatic N) is 7. The average Bonchev–Trinajstić information content (AvgIpc) is 3.27. The first-order valence-electron chi connectivity index (χ1n) is 11.0. The quantitative estimate of drug-likeness (QED) is 0.369. The molecule has 3 aromatic heterocycles. The second kappa shape index (κ2) is 9.10. The molecule has 0 radical (unpaired) electrons. The molecule has 0 atom stereocenters. The molecule has 0 unspecified atom stereocenters. The lowest BCUT2D eigenvalue weighted by molar-refractivity contribution is 0.222. The fourth-order valence-corrected chi connectivity index (χ4v) is 6.24. The van der Waals surface area contributed by atoms with Crippen LogP contribution in [0.4, 0.5) is 0 Å². The van der Waals surface area contributed by atoms with E-state index in [9.17, 15) is 13.2 Å². The molecule has 4 heterocycles. The summed E-state index contributed by atoms with van der Waals surface area (Å²) in [6.45, 7) is 4.78. The first kappa shape index (κ1) is 23.0. The Bertz CT molecular complexity index is 1510. The van der Waals surface area contributed by atoms with Crippen LogP contribution in [0.3, 0.4) is 0 Å². The smallest absolute Gasteiger partial charge is 0.262 e. The molecule has 1 saturated heterocycles. The molecule has 34 heavy (non-hydrogen) atoms. The second-order valence-corrected chi connectivity index (χ2v) is 11.1. The molecular weight excluding hydrogens is 474 g/mol. The number of likely N-dealkylation sites (N-methyl/N-ethyl adjacent to an activating group) is 1. The number of sulfonamides is 1. The highest BCUT2D eigenvalue weighted by atomic mass is 32.2. The van der Waals surface area contributed by atoms with E-state index in [1.54, 1.807) is 22.8 Å². The lowest BCUT2D eigenvalue weighted by atomic mass is 10.2. The Morgan fingerprint density at radius 1 is 1.03 bits per heavy atom. The van der Waals surface area contributed by atoms with Gasteiger partial charge in [-0.2, -0.15) is 4.31 Å². The maximum absolute atomic E-state index is 12.9. The van der Waals surface area contributed by atoms with E-state index in [2.05, 4.69) is 20.1 Å². The molecular formula is C22H25N7O3S2. The molecule has 4 aromatic rings. The number of fused-ring (bicyclic) bond motifs is 3. The van der Waals surface area contributed by atoms with Crippen molar-refractivity contribution < 1.29 is 8.42 Å². The highest BCUT2D eigenvalue weighted by molar-refractivity contribution is 7.98. The molecule has 1 aliphatic heterocycles. The Hall–Kier alpha value is -2.80. The Morgan fingerprint density at radius 2 is 1.79 bits per heavy atom. The topological polar surface area (TPSA) is 106 Å². The van der Waals surface area contributed by atoms with Gasteiger partial charge in [0, 0.05) is 38.9 Å². The van der Waals surface area contributed by atoms with Crippen molar-refractivity contribution in [3.63, 3.8) is 0 Å². The van der Waals surface area contributed by atoms with Crippen LogP contribution >= 0.6 is 11.8 Å². The molecule has 0 aliphatic carbocycles. The molecule has 0 spiro atoms. The number of piperazine rings is 1. The van der Waals surface area contributed by atoms with E-state index < -0.39 is 10.0 Å². The number of aromatic nitrogens is 5. The summed E-state index contributed by atoms with van der Waals surface area (Å²) >= 11 is 1.44. The van der Waals surface area contributed by atoms with Gasteiger partial charge in [-0.05, 0) is 38.2 Å². The normalized spacial score (nSPS) is 15.9. The van der Waals surface area contributed by atoms with Crippen LogP contribution in [0.1, 0.15) is 12.7 Å². The van der Waals surface area contributed by atoms with Crippen molar-refractivity contribution in [2.24, 2.45) is 0 Å². The molecule has 1 aliphatic rings. The van der Waals surface area contributed by atoms with Crippen LogP contribution in [-0.2, 0) is 22.3 Å². The monoisotopic (exact) mass is 499 g/mol. The first-order valence-corrected chi connectivity index (χ1v) is 13.5. The van der Waals surface area contributed by atoms with E-state index >= 15 is 0 Å². The van der Waals surface area contributed by atoms with Gasteiger partial charge in [0.15, 0.2) is 0 Å². The van der Waals surface area contributed by atoms with Gasteiger partial charge in [-0.15, -0.1) is 10.2 Å². The average molecular weight is 500 g/mol. The van der Waals surface area contributed by atoms with E-state index in [-0.39, 0.29) is 10.5 Å². The number of para-hydroxylation sites is 1. The van der Waals surface area contributed by atoms with Gasteiger partial charge in [-0.1, -0.05) is 23.9 Å². The minimum absolute atomic E-state index is 0.0870. The van der Waals surface area contributed by atoms with Crippen molar-refractivity contribution in [3.05, 3.63) is 58.8 Å². The van der Waals surface area contributed by atoms with Gasteiger partial charge in [-0.3, -0.25) is 13.8 Å². The minimum Gasteiger partial charge on any atom is -0.304 e. The number of rotatable bonds is 6. The molecule has 1 fully saturated rings. The Morgan fingerprint density at radius 3 is 2.50 bits per heavy atom. The summed E-state index contributed by atoms with van der Waals surface area (Å²) in [5, 5.41) is 9.90. The molecule has 0 N–H and O–H groups in total. The summed E-state index contributed by atoms with van der Waals surface area (Å²) in [6.07, 6.45) is 1.42. The van der Waals surface area contributed by atoms with Crippen LogP contribution in [0.2, 0.25) is 0 Å². The molecule has 1 aromatic carbocycles. The molecule has 10 nitrogen and oxygen atoms in total. The molecule has 178 valence electrons. The van der Waals surface area contributed by atoms with Crippen LogP contribution in [0.5, 0.6) is 0 Å². The number of pyridine rings is 1. The van der Waals surface area contributed by atoms with Crippen molar-refractivity contribution >= 4 is 38.5 Å². The third-order valence-electron chi connectivity index (χ3n) is 6.05. The Kier molecular flexibility index (Phi) is 6.15. The van der Waals surface area contributed by atoms with Crippen LogP contribution in [0.25, 0.3) is 16.7 Å². The summed E-state index contributed by atoms with van der Waals surface area (Å²) in [4.78, 5) is 19.5. The first-order chi connectivity index (χ1) is 16.4. The van der Waals surface area contributed by atoms with Gasteiger partial charge >= 0.3 is 0 Å². The van der Waals surface area contributed by atoms with Crippen LogP contribution in [-0.4, -0.2) is 75.0 Å². The standard InChI is InChI=1S/C22H25N7O3S2/c1-3-28-21(30)17-6-4-5-7-18(17)29-19(24-25-22(28)29)15-33-20-9-8-16(14-23-20)34(31,32)27-12-10-26(2)11-13-27/h4-9,14H,3,10-13,15H2,1-2H3. The van der Waals surface area contributed by atoms with Gasteiger partial charge in [-0.25, -0.2) is 13.4 Å². The predicted octanol–water partition coefficient (Wildman–Crippen LogP) is 1.69. The number of benzene rings is 1. The highest BCUT2D eigenvalue weighted by Crippen LogP contribution is 2.24. The van der Waals surface area contributed by atoms with E-state index in [1.807, 2.05) is 36.6 Å².